The molecule has 0 saturated carbocycles. The van der Waals surface area contributed by atoms with E-state index in [2.05, 4.69) is 5.32 Å². The first-order valence-corrected chi connectivity index (χ1v) is 10.2. The first-order chi connectivity index (χ1) is 14.7. The van der Waals surface area contributed by atoms with Crippen LogP contribution in [-0.2, 0) is 17.3 Å². The van der Waals surface area contributed by atoms with Gasteiger partial charge < -0.3 is 24.5 Å². The lowest BCUT2D eigenvalue weighted by Gasteiger charge is -2.43. The molecular formula is C22H20Cl2N2O5. The monoisotopic (exact) mass is 462 g/mol. The van der Waals surface area contributed by atoms with Gasteiger partial charge in [0.25, 0.3) is 5.91 Å². The molecule has 3 aromatic rings. The molecule has 1 saturated heterocycles. The zero-order valence-corrected chi connectivity index (χ0v) is 18.6. The summed E-state index contributed by atoms with van der Waals surface area (Å²) in [5.74, 6) is -0.890. The molecule has 1 aliphatic rings. The van der Waals surface area contributed by atoms with E-state index in [0.29, 0.717) is 27.4 Å². The highest BCUT2D eigenvalue weighted by Gasteiger charge is 2.43. The van der Waals surface area contributed by atoms with Crippen LogP contribution in [0.4, 0.5) is 0 Å². The molecule has 2 aromatic carbocycles. The average Bonchev–Trinajstić information content (AvgIpc) is 3.04. The fourth-order valence-corrected chi connectivity index (χ4v) is 4.44. The number of ether oxygens (including phenoxy) is 2. The number of benzene rings is 2. The maximum absolute atomic E-state index is 13.3. The number of hydrogen-bond donors (Lipinski definition) is 2. The number of halogens is 2. The molecule has 0 bridgehead atoms. The number of aromatic carboxylic acids is 1. The number of aryl methyl sites for hydroxylation is 2. The normalized spacial score (nSPS) is 14.9. The van der Waals surface area contributed by atoms with E-state index < -0.39 is 11.5 Å². The molecule has 0 unspecified atom stereocenters. The maximum atomic E-state index is 13.3. The number of methoxy groups -OCH3 is 1. The van der Waals surface area contributed by atoms with Gasteiger partial charge in [0, 0.05) is 18.5 Å². The topological polar surface area (TPSA) is 89.8 Å². The molecule has 7 nitrogen and oxygen atoms in total. The number of carbonyl (C=O) groups is 2. The Hall–Kier alpha value is -2.74. The summed E-state index contributed by atoms with van der Waals surface area (Å²) in [7, 11) is 3.26. The molecular weight excluding hydrogens is 443 g/mol. The number of fused-ring (bicyclic) bond motifs is 1. The van der Waals surface area contributed by atoms with Crippen LogP contribution in [0.1, 0.15) is 32.0 Å². The Balaban J connectivity index is 1.72. The second kappa shape index (κ2) is 7.75. The summed E-state index contributed by atoms with van der Waals surface area (Å²) >= 11 is 12.7. The molecule has 162 valence electrons. The van der Waals surface area contributed by atoms with Crippen LogP contribution in [0.15, 0.2) is 30.3 Å². The van der Waals surface area contributed by atoms with E-state index in [4.69, 9.17) is 32.7 Å². The highest BCUT2D eigenvalue weighted by Crippen LogP contribution is 2.40. The van der Waals surface area contributed by atoms with Gasteiger partial charge in [-0.1, -0.05) is 29.3 Å². The standard InChI is InChI=1S/C22H20Cl2N2O5/c1-11-6-12(21(28)29)4-5-14(11)22(9-31-10-22)25-20(27)16-7-13-15(26(16)2)8-17(30-3)19(24)18(13)23/h4-8H,9-10H2,1-3H3,(H,25,27)(H,28,29). The second-order valence-electron chi connectivity index (χ2n) is 7.59. The van der Waals surface area contributed by atoms with Crippen molar-refractivity contribution in [1.82, 2.24) is 9.88 Å². The highest BCUT2D eigenvalue weighted by molar-refractivity contribution is 6.46. The third kappa shape index (κ3) is 3.43. The summed E-state index contributed by atoms with van der Waals surface area (Å²) in [5.41, 5.74) is 2.13. The van der Waals surface area contributed by atoms with E-state index in [-0.39, 0.29) is 29.7 Å². The number of nitrogens with one attached hydrogen (secondary N) is 1. The molecule has 0 aliphatic carbocycles. The van der Waals surface area contributed by atoms with Crippen LogP contribution >= 0.6 is 23.2 Å². The van der Waals surface area contributed by atoms with Gasteiger partial charge in [0.15, 0.2) is 0 Å². The summed E-state index contributed by atoms with van der Waals surface area (Å²) in [6.45, 7) is 2.39. The molecule has 1 aliphatic heterocycles. The molecule has 9 heteroatoms. The number of carboxylic acid groups (broad SMARTS) is 1. The van der Waals surface area contributed by atoms with E-state index in [1.165, 1.54) is 13.2 Å². The smallest absolute Gasteiger partial charge is 0.335 e. The molecule has 2 N–H and O–H groups in total. The number of aromatic nitrogens is 1. The van der Waals surface area contributed by atoms with E-state index >= 15 is 0 Å². The van der Waals surface area contributed by atoms with E-state index in [0.717, 1.165) is 11.1 Å². The van der Waals surface area contributed by atoms with Gasteiger partial charge in [0.05, 0.1) is 36.4 Å². The molecule has 1 fully saturated rings. The van der Waals surface area contributed by atoms with E-state index in [1.807, 2.05) is 6.92 Å². The Morgan fingerprint density at radius 2 is 1.90 bits per heavy atom. The summed E-state index contributed by atoms with van der Waals surface area (Å²) in [6, 6.07) is 8.27. The number of carbonyl (C=O) groups excluding carboxylic acids is 1. The summed E-state index contributed by atoms with van der Waals surface area (Å²) in [4.78, 5) is 24.5. The third-order valence-electron chi connectivity index (χ3n) is 5.68. The summed E-state index contributed by atoms with van der Waals surface area (Å²) in [5, 5.41) is 13.5. The fraction of sp³-hybridized carbons (Fsp3) is 0.273. The Morgan fingerprint density at radius 1 is 1.19 bits per heavy atom. The van der Waals surface area contributed by atoms with E-state index in [1.54, 1.807) is 35.9 Å². The van der Waals surface area contributed by atoms with Crippen LogP contribution in [0.2, 0.25) is 10.0 Å². The van der Waals surface area contributed by atoms with Gasteiger partial charge >= 0.3 is 5.97 Å². The number of rotatable bonds is 5. The average molecular weight is 463 g/mol. The van der Waals surface area contributed by atoms with Gasteiger partial charge in [-0.15, -0.1) is 0 Å². The Bertz CT molecular complexity index is 1230. The van der Waals surface area contributed by atoms with Gasteiger partial charge in [-0.3, -0.25) is 4.79 Å². The zero-order valence-electron chi connectivity index (χ0n) is 17.1. The Kier molecular flexibility index (Phi) is 5.37. The van der Waals surface area contributed by atoms with Crippen molar-refractivity contribution in [2.24, 2.45) is 7.05 Å². The fourth-order valence-electron chi connectivity index (χ4n) is 3.96. The van der Waals surface area contributed by atoms with Crippen molar-refractivity contribution in [3.05, 3.63) is 62.8 Å². The number of nitrogens with zero attached hydrogens (tertiary/aromatic N) is 1. The summed E-state index contributed by atoms with van der Waals surface area (Å²) < 4.78 is 12.4. The van der Waals surface area contributed by atoms with Gasteiger partial charge in [0.2, 0.25) is 0 Å². The van der Waals surface area contributed by atoms with Crippen LogP contribution in [0.25, 0.3) is 10.9 Å². The van der Waals surface area contributed by atoms with Gasteiger partial charge in [0.1, 0.15) is 22.0 Å². The number of carboxylic acids is 1. The lowest BCUT2D eigenvalue weighted by molar-refractivity contribution is -0.0737. The lowest BCUT2D eigenvalue weighted by Crippen LogP contribution is -2.59. The van der Waals surface area contributed by atoms with Crippen LogP contribution in [0.5, 0.6) is 5.75 Å². The Morgan fingerprint density at radius 3 is 2.45 bits per heavy atom. The second-order valence-corrected chi connectivity index (χ2v) is 8.35. The maximum Gasteiger partial charge on any atom is 0.335 e. The lowest BCUT2D eigenvalue weighted by atomic mass is 9.84. The molecule has 0 radical (unpaired) electrons. The van der Waals surface area contributed by atoms with Crippen LogP contribution in [0.3, 0.4) is 0 Å². The van der Waals surface area contributed by atoms with Crippen LogP contribution in [-0.4, -0.2) is 41.9 Å². The molecule has 1 amide bonds. The minimum atomic E-state index is -1.00. The Labute approximate surface area is 188 Å². The molecule has 0 spiro atoms. The van der Waals surface area contributed by atoms with Crippen molar-refractivity contribution in [3.63, 3.8) is 0 Å². The molecule has 31 heavy (non-hydrogen) atoms. The number of hydrogen-bond acceptors (Lipinski definition) is 4. The van der Waals surface area contributed by atoms with E-state index in [9.17, 15) is 14.7 Å². The molecule has 1 aromatic heterocycles. The predicted molar refractivity (Wildman–Crippen MR) is 118 cm³/mol. The first-order valence-electron chi connectivity index (χ1n) is 9.44. The molecule has 2 heterocycles. The van der Waals surface area contributed by atoms with Gasteiger partial charge in [-0.05, 0) is 36.2 Å². The van der Waals surface area contributed by atoms with Gasteiger partial charge in [-0.25, -0.2) is 4.79 Å². The predicted octanol–water partition coefficient (Wildman–Crippen LogP) is 4.16. The molecule has 0 atom stereocenters. The van der Waals surface area contributed by atoms with Crippen molar-refractivity contribution in [2.45, 2.75) is 12.5 Å². The van der Waals surface area contributed by atoms with Crippen LogP contribution < -0.4 is 10.1 Å². The van der Waals surface area contributed by atoms with Crippen molar-refractivity contribution >= 4 is 46.0 Å². The summed E-state index contributed by atoms with van der Waals surface area (Å²) in [6.07, 6.45) is 0. The van der Waals surface area contributed by atoms with Crippen LogP contribution in [0, 0.1) is 6.92 Å². The SMILES string of the molecule is COc1cc2c(cc(C(=O)NC3(c4ccc(C(=O)O)cc4C)COC3)n2C)c(Cl)c1Cl. The molecule has 4 rings (SSSR count). The quantitative estimate of drug-likeness (QED) is 0.594. The first kappa shape index (κ1) is 21.5. The van der Waals surface area contributed by atoms with Crippen molar-refractivity contribution in [3.8, 4) is 5.75 Å². The van der Waals surface area contributed by atoms with Crippen molar-refractivity contribution in [1.29, 1.82) is 0 Å². The number of amides is 1. The minimum Gasteiger partial charge on any atom is -0.495 e. The minimum absolute atomic E-state index is 0.192. The van der Waals surface area contributed by atoms with Crippen molar-refractivity contribution < 1.29 is 24.2 Å². The zero-order chi connectivity index (χ0) is 22.5. The largest absolute Gasteiger partial charge is 0.495 e. The van der Waals surface area contributed by atoms with Crippen molar-refractivity contribution in [2.75, 3.05) is 20.3 Å². The third-order valence-corrected chi connectivity index (χ3v) is 6.55. The van der Waals surface area contributed by atoms with Gasteiger partial charge in [-0.2, -0.15) is 0 Å². The highest BCUT2D eigenvalue weighted by atomic mass is 35.5.